The number of halogens is 3. The summed E-state index contributed by atoms with van der Waals surface area (Å²) in [6.07, 6.45) is -3.57. The quantitative estimate of drug-likeness (QED) is 0.753. The van der Waals surface area contributed by atoms with E-state index in [1.807, 2.05) is 6.07 Å². The third-order valence-electron chi connectivity index (χ3n) is 4.18. The van der Waals surface area contributed by atoms with Gasteiger partial charge in [-0.1, -0.05) is 6.07 Å². The Morgan fingerprint density at radius 2 is 1.88 bits per heavy atom. The Hall–Kier alpha value is -2.71. The normalized spacial score (nSPS) is 16.0. The van der Waals surface area contributed by atoms with Crippen molar-refractivity contribution < 1.29 is 32.2 Å². The van der Waals surface area contributed by atoms with E-state index in [9.17, 15) is 22.8 Å². The predicted octanol–water partition coefficient (Wildman–Crippen LogP) is 2.54. The number of nitrogens with one attached hydrogen (secondary N) is 2. The lowest BCUT2D eigenvalue weighted by Gasteiger charge is -2.12. The molecule has 2 N–H and O–H groups in total. The highest BCUT2D eigenvalue weighted by molar-refractivity contribution is 6.00. The van der Waals surface area contributed by atoms with E-state index < -0.39 is 12.0 Å². The first-order chi connectivity index (χ1) is 12.3. The number of amides is 1. The Labute approximate surface area is 147 Å². The first-order valence-corrected chi connectivity index (χ1v) is 8.11. The number of allylic oxidation sites excluding steroid dienone is 2. The van der Waals surface area contributed by atoms with Crippen molar-refractivity contribution in [2.45, 2.75) is 38.3 Å². The third kappa shape index (κ3) is 4.09. The fourth-order valence-electron chi connectivity index (χ4n) is 2.87. The number of ether oxygens (including phenoxy) is 2. The lowest BCUT2D eigenvalue weighted by molar-refractivity contribution is -0.166. The number of hydrazine groups is 1. The summed E-state index contributed by atoms with van der Waals surface area (Å²) in [4.78, 5) is 23.3. The van der Waals surface area contributed by atoms with Crippen molar-refractivity contribution in [2.24, 2.45) is 0 Å². The van der Waals surface area contributed by atoms with Crippen molar-refractivity contribution in [2.75, 3.05) is 6.79 Å². The van der Waals surface area contributed by atoms with E-state index in [-0.39, 0.29) is 36.8 Å². The van der Waals surface area contributed by atoms with Crippen LogP contribution in [0.3, 0.4) is 0 Å². The number of aryl methyl sites for hydroxylation is 1. The van der Waals surface area contributed by atoms with Gasteiger partial charge in [0.2, 0.25) is 12.7 Å². The van der Waals surface area contributed by atoms with Gasteiger partial charge in [0, 0.05) is 17.7 Å². The highest BCUT2D eigenvalue weighted by Gasteiger charge is 2.42. The number of ketones is 1. The lowest BCUT2D eigenvalue weighted by Crippen LogP contribution is -2.38. The molecule has 1 heterocycles. The molecular weight excluding hydrogens is 353 g/mol. The number of alkyl halides is 3. The second-order valence-electron chi connectivity index (χ2n) is 6.00. The summed E-state index contributed by atoms with van der Waals surface area (Å²) in [7, 11) is 0. The Kier molecular flexibility index (Phi) is 5.06. The maximum Gasteiger partial charge on any atom is 0.454 e. The fourth-order valence-corrected chi connectivity index (χ4v) is 2.87. The van der Waals surface area contributed by atoms with Gasteiger partial charge in [0.15, 0.2) is 11.5 Å². The molecule has 1 amide bonds. The fraction of sp³-hybridized carbons (Fsp3) is 0.412. The first-order valence-electron chi connectivity index (χ1n) is 8.11. The van der Waals surface area contributed by atoms with E-state index in [1.54, 1.807) is 12.1 Å². The van der Waals surface area contributed by atoms with Gasteiger partial charge >= 0.3 is 6.18 Å². The highest BCUT2D eigenvalue weighted by Crippen LogP contribution is 2.33. The highest BCUT2D eigenvalue weighted by atomic mass is 19.4. The molecule has 2 aliphatic rings. The number of carbonyl (C=O) groups is 2. The van der Waals surface area contributed by atoms with E-state index >= 15 is 0 Å². The van der Waals surface area contributed by atoms with Crippen LogP contribution in [0.4, 0.5) is 13.2 Å². The van der Waals surface area contributed by atoms with E-state index in [0.717, 1.165) is 5.56 Å². The summed E-state index contributed by atoms with van der Waals surface area (Å²) in [5.74, 6) is -0.977. The maximum absolute atomic E-state index is 12.6. The molecule has 3 rings (SSSR count). The largest absolute Gasteiger partial charge is 0.454 e. The van der Waals surface area contributed by atoms with Crippen LogP contribution in [0.2, 0.25) is 0 Å². The smallest absolute Gasteiger partial charge is 0.454 e. The van der Waals surface area contributed by atoms with Gasteiger partial charge in [-0.3, -0.25) is 15.0 Å². The summed E-state index contributed by atoms with van der Waals surface area (Å²) >= 11 is 0. The van der Waals surface area contributed by atoms with Crippen molar-refractivity contribution >= 4 is 11.7 Å². The van der Waals surface area contributed by atoms with Crippen molar-refractivity contribution in [1.82, 2.24) is 10.9 Å². The van der Waals surface area contributed by atoms with Crippen LogP contribution in [0.1, 0.15) is 31.2 Å². The molecule has 0 unspecified atom stereocenters. The topological polar surface area (TPSA) is 76.7 Å². The number of hydrogen-bond donors (Lipinski definition) is 2. The minimum atomic E-state index is -4.91. The molecule has 26 heavy (non-hydrogen) atoms. The molecule has 140 valence electrons. The summed E-state index contributed by atoms with van der Waals surface area (Å²) in [5, 5.41) is 0. The number of Topliss-reactive ketones (excluding diaryl/α,β-unsaturated/α-hetero) is 1. The summed E-state index contributed by atoms with van der Waals surface area (Å²) in [6, 6.07) is 5.35. The average Bonchev–Trinajstić information content (AvgIpc) is 3.24. The summed E-state index contributed by atoms with van der Waals surface area (Å²) in [5.41, 5.74) is 5.53. The van der Waals surface area contributed by atoms with Crippen LogP contribution in [0.15, 0.2) is 29.5 Å². The van der Waals surface area contributed by atoms with E-state index in [1.165, 1.54) is 0 Å². The molecule has 1 aromatic carbocycles. The molecule has 0 spiro atoms. The molecule has 9 heteroatoms. The number of hydrogen-bond acceptors (Lipinski definition) is 5. The Morgan fingerprint density at radius 3 is 2.65 bits per heavy atom. The van der Waals surface area contributed by atoms with Crippen LogP contribution in [-0.2, 0) is 16.0 Å². The first kappa shape index (κ1) is 18.1. The van der Waals surface area contributed by atoms with Gasteiger partial charge in [-0.2, -0.15) is 13.2 Å². The average molecular weight is 370 g/mol. The lowest BCUT2D eigenvalue weighted by atomic mass is 10.1. The summed E-state index contributed by atoms with van der Waals surface area (Å²) in [6.45, 7) is 0.164. The van der Waals surface area contributed by atoms with Gasteiger partial charge in [-0.05, 0) is 43.4 Å². The molecule has 0 atom stereocenters. The van der Waals surface area contributed by atoms with Crippen LogP contribution in [0.25, 0.3) is 0 Å². The molecule has 0 saturated heterocycles. The second kappa shape index (κ2) is 7.27. The Bertz CT molecular complexity index is 759. The van der Waals surface area contributed by atoms with Gasteiger partial charge < -0.3 is 14.9 Å². The number of fused-ring (bicyclic) bond motifs is 1. The van der Waals surface area contributed by atoms with E-state index in [2.05, 4.69) is 10.9 Å². The molecule has 0 aromatic heterocycles. The molecule has 6 nitrogen and oxygen atoms in total. The zero-order valence-corrected chi connectivity index (χ0v) is 13.7. The van der Waals surface area contributed by atoms with Gasteiger partial charge in [-0.15, -0.1) is 0 Å². The maximum atomic E-state index is 12.6. The standard InChI is InChI=1S/C17H17F3N2O4/c18-17(19,20)16(24)11-2-1-3-12(11)21-22-15(23)7-5-10-4-6-13-14(8-10)26-9-25-13/h4,6,8,21H,1-3,5,7,9H2,(H,22,23). The molecule has 1 aliphatic carbocycles. The van der Waals surface area contributed by atoms with Gasteiger partial charge in [0.05, 0.1) is 0 Å². The van der Waals surface area contributed by atoms with E-state index in [0.29, 0.717) is 30.8 Å². The van der Waals surface area contributed by atoms with Gasteiger partial charge in [-0.25, -0.2) is 0 Å². The monoisotopic (exact) mass is 370 g/mol. The SMILES string of the molecule is O=C(CCc1ccc2c(c1)OCO2)NNC1=C(C(=O)C(F)(F)F)CCC1. The Morgan fingerprint density at radius 1 is 1.12 bits per heavy atom. The van der Waals surface area contributed by atoms with Crippen molar-refractivity contribution in [1.29, 1.82) is 0 Å². The third-order valence-corrected chi connectivity index (χ3v) is 4.18. The molecule has 0 radical (unpaired) electrons. The molecule has 1 aromatic rings. The molecule has 0 saturated carbocycles. The molecule has 0 bridgehead atoms. The summed E-state index contributed by atoms with van der Waals surface area (Å²) < 4.78 is 48.1. The molecule has 0 fully saturated rings. The number of rotatable bonds is 6. The van der Waals surface area contributed by atoms with Crippen molar-refractivity contribution in [3.8, 4) is 11.5 Å². The van der Waals surface area contributed by atoms with Crippen LogP contribution in [-0.4, -0.2) is 24.7 Å². The minimum Gasteiger partial charge on any atom is -0.454 e. The molecule has 1 aliphatic heterocycles. The number of carbonyl (C=O) groups excluding carboxylic acids is 2. The second-order valence-corrected chi connectivity index (χ2v) is 6.00. The number of benzene rings is 1. The predicted molar refractivity (Wildman–Crippen MR) is 84.1 cm³/mol. The Balaban J connectivity index is 1.51. The van der Waals surface area contributed by atoms with Crippen LogP contribution < -0.4 is 20.3 Å². The van der Waals surface area contributed by atoms with Crippen molar-refractivity contribution in [3.63, 3.8) is 0 Å². The molecular formula is C17H17F3N2O4. The minimum absolute atomic E-state index is 0.0493. The zero-order chi connectivity index (χ0) is 18.7. The van der Waals surface area contributed by atoms with Crippen LogP contribution >= 0.6 is 0 Å². The zero-order valence-electron chi connectivity index (χ0n) is 13.7. The van der Waals surface area contributed by atoms with Crippen LogP contribution in [0, 0.1) is 0 Å². The van der Waals surface area contributed by atoms with E-state index in [4.69, 9.17) is 9.47 Å². The van der Waals surface area contributed by atoms with Crippen molar-refractivity contribution in [3.05, 3.63) is 35.0 Å². The van der Waals surface area contributed by atoms with Gasteiger partial charge in [0.25, 0.3) is 5.78 Å². The van der Waals surface area contributed by atoms with Gasteiger partial charge in [0.1, 0.15) is 0 Å². The van der Waals surface area contributed by atoms with Crippen LogP contribution in [0.5, 0.6) is 11.5 Å².